The van der Waals surface area contributed by atoms with Crippen molar-refractivity contribution in [3.8, 4) is 0 Å². The van der Waals surface area contributed by atoms with Crippen LogP contribution in [0.15, 0.2) is 48.9 Å². The number of aromatic nitrogens is 4. The molecular formula is C28H36N4. The molecule has 0 N–H and O–H groups in total. The van der Waals surface area contributed by atoms with E-state index in [0.717, 1.165) is 28.3 Å². The van der Waals surface area contributed by atoms with Gasteiger partial charge in [0.2, 0.25) is 0 Å². The van der Waals surface area contributed by atoms with Crippen molar-refractivity contribution in [1.29, 1.82) is 0 Å². The fourth-order valence-corrected chi connectivity index (χ4v) is 3.76. The summed E-state index contributed by atoms with van der Waals surface area (Å²) in [6, 6.07) is 10.5. The molecule has 32 heavy (non-hydrogen) atoms. The van der Waals surface area contributed by atoms with E-state index in [1.807, 2.05) is 24.7 Å². The molecule has 0 saturated carbocycles. The number of hydrogen-bond acceptors (Lipinski definition) is 4. The molecule has 168 valence electrons. The highest BCUT2D eigenvalue weighted by Crippen LogP contribution is 2.25. The molecule has 0 bridgehead atoms. The Morgan fingerprint density at radius 3 is 1.75 bits per heavy atom. The van der Waals surface area contributed by atoms with Gasteiger partial charge in [-0.15, -0.1) is 0 Å². The van der Waals surface area contributed by atoms with Crippen molar-refractivity contribution in [3.63, 3.8) is 0 Å². The van der Waals surface area contributed by atoms with Crippen LogP contribution in [-0.4, -0.2) is 19.9 Å². The first-order valence-corrected chi connectivity index (χ1v) is 11.7. The van der Waals surface area contributed by atoms with Gasteiger partial charge in [-0.3, -0.25) is 19.9 Å². The molecule has 0 fully saturated rings. The summed E-state index contributed by atoms with van der Waals surface area (Å²) in [6.07, 6.45) is 5.71. The van der Waals surface area contributed by atoms with E-state index in [1.165, 1.54) is 16.2 Å². The SMILES string of the molecule is CC(C)c1cc2ccnc(C(C)C)c2cn1.CC(C)c1ccc2c(C(C)C)nccc2n1. The Balaban J connectivity index is 0.000000181. The number of pyridine rings is 4. The highest BCUT2D eigenvalue weighted by Gasteiger charge is 2.10. The fourth-order valence-electron chi connectivity index (χ4n) is 3.76. The number of fused-ring (bicyclic) bond motifs is 2. The van der Waals surface area contributed by atoms with Crippen LogP contribution in [0, 0.1) is 0 Å². The molecule has 0 saturated heterocycles. The maximum absolute atomic E-state index is 4.68. The molecule has 4 heterocycles. The van der Waals surface area contributed by atoms with Gasteiger partial charge >= 0.3 is 0 Å². The molecular weight excluding hydrogens is 392 g/mol. The third-order valence-electron chi connectivity index (χ3n) is 5.65. The van der Waals surface area contributed by atoms with Gasteiger partial charge in [-0.2, -0.15) is 0 Å². The summed E-state index contributed by atoms with van der Waals surface area (Å²) in [5.74, 6) is 1.82. The molecule has 0 spiro atoms. The van der Waals surface area contributed by atoms with Gasteiger partial charge < -0.3 is 0 Å². The molecule has 4 aromatic heterocycles. The van der Waals surface area contributed by atoms with E-state index in [0.29, 0.717) is 23.7 Å². The highest BCUT2D eigenvalue weighted by atomic mass is 14.7. The summed E-state index contributed by atoms with van der Waals surface area (Å²) >= 11 is 0. The van der Waals surface area contributed by atoms with E-state index >= 15 is 0 Å². The smallest absolute Gasteiger partial charge is 0.0739 e. The topological polar surface area (TPSA) is 51.6 Å². The van der Waals surface area contributed by atoms with E-state index in [2.05, 4.69) is 99.6 Å². The second-order valence-corrected chi connectivity index (χ2v) is 9.64. The zero-order valence-corrected chi connectivity index (χ0v) is 20.7. The van der Waals surface area contributed by atoms with Crippen LogP contribution in [0.3, 0.4) is 0 Å². The summed E-state index contributed by atoms with van der Waals surface area (Å²) in [5, 5.41) is 3.61. The summed E-state index contributed by atoms with van der Waals surface area (Å²) in [7, 11) is 0. The number of hydrogen-bond donors (Lipinski definition) is 0. The van der Waals surface area contributed by atoms with Crippen molar-refractivity contribution < 1.29 is 0 Å². The lowest BCUT2D eigenvalue weighted by atomic mass is 10.0. The minimum atomic E-state index is 0.440. The molecule has 4 aromatic rings. The largest absolute Gasteiger partial charge is 0.260 e. The first kappa shape index (κ1) is 23.8. The van der Waals surface area contributed by atoms with Crippen LogP contribution in [0.4, 0.5) is 0 Å². The normalized spacial score (nSPS) is 11.6. The number of nitrogens with zero attached hydrogens (tertiary/aromatic N) is 4. The van der Waals surface area contributed by atoms with Crippen LogP contribution in [0.2, 0.25) is 0 Å². The Kier molecular flexibility index (Phi) is 7.55. The summed E-state index contributed by atoms with van der Waals surface area (Å²) in [6.45, 7) is 17.3. The lowest BCUT2D eigenvalue weighted by Crippen LogP contribution is -1.97. The van der Waals surface area contributed by atoms with Crippen LogP contribution in [0.1, 0.15) is 102 Å². The maximum Gasteiger partial charge on any atom is 0.0739 e. The van der Waals surface area contributed by atoms with Gasteiger partial charge in [0.15, 0.2) is 0 Å². The first-order chi connectivity index (χ1) is 15.2. The molecule has 0 aliphatic rings. The van der Waals surface area contributed by atoms with Gasteiger partial charge in [-0.05, 0) is 59.4 Å². The van der Waals surface area contributed by atoms with Crippen molar-refractivity contribution in [1.82, 2.24) is 19.9 Å². The van der Waals surface area contributed by atoms with Crippen molar-refractivity contribution in [2.24, 2.45) is 0 Å². The highest BCUT2D eigenvalue weighted by molar-refractivity contribution is 5.84. The van der Waals surface area contributed by atoms with Gasteiger partial charge in [0.05, 0.1) is 16.9 Å². The molecule has 4 rings (SSSR count). The second kappa shape index (κ2) is 10.2. The Bertz CT molecular complexity index is 1100. The van der Waals surface area contributed by atoms with Crippen LogP contribution in [0.25, 0.3) is 21.7 Å². The van der Waals surface area contributed by atoms with Crippen LogP contribution in [-0.2, 0) is 0 Å². The molecule has 4 heteroatoms. The van der Waals surface area contributed by atoms with Gasteiger partial charge in [0.1, 0.15) is 0 Å². The minimum absolute atomic E-state index is 0.440. The predicted molar refractivity (Wildman–Crippen MR) is 135 cm³/mol. The maximum atomic E-state index is 4.68. The molecule has 0 aliphatic heterocycles. The van der Waals surface area contributed by atoms with Crippen LogP contribution < -0.4 is 0 Å². The standard InChI is InChI=1S/2C14H18N2/c1-9(2)13-7-11-5-6-15-14(10(3)4)12(11)8-16-13;1-9(2)12-6-5-11-13(16-12)7-8-15-14(11)10(3)4/h2*5-10H,1-4H3. The van der Waals surface area contributed by atoms with E-state index in [9.17, 15) is 0 Å². The monoisotopic (exact) mass is 428 g/mol. The van der Waals surface area contributed by atoms with E-state index < -0.39 is 0 Å². The van der Waals surface area contributed by atoms with Crippen molar-refractivity contribution in [2.45, 2.75) is 79.1 Å². The van der Waals surface area contributed by atoms with Crippen LogP contribution in [0.5, 0.6) is 0 Å². The quantitative estimate of drug-likeness (QED) is 0.333. The Labute approximate surface area is 192 Å². The summed E-state index contributed by atoms with van der Waals surface area (Å²) < 4.78 is 0. The molecule has 0 aromatic carbocycles. The Morgan fingerprint density at radius 1 is 0.562 bits per heavy atom. The predicted octanol–water partition coefficient (Wildman–Crippen LogP) is 7.75. The zero-order chi connectivity index (χ0) is 23.4. The third-order valence-corrected chi connectivity index (χ3v) is 5.65. The lowest BCUT2D eigenvalue weighted by Gasteiger charge is -2.10. The molecule has 0 radical (unpaired) electrons. The second-order valence-electron chi connectivity index (χ2n) is 9.64. The zero-order valence-electron chi connectivity index (χ0n) is 20.7. The fraction of sp³-hybridized carbons (Fsp3) is 0.429. The van der Waals surface area contributed by atoms with E-state index in [1.54, 1.807) is 0 Å². The van der Waals surface area contributed by atoms with Gasteiger partial charge in [-0.1, -0.05) is 55.4 Å². The van der Waals surface area contributed by atoms with Crippen LogP contribution >= 0.6 is 0 Å². The van der Waals surface area contributed by atoms with Crippen molar-refractivity contribution in [2.75, 3.05) is 0 Å². The number of rotatable bonds is 4. The minimum Gasteiger partial charge on any atom is -0.260 e. The Hall–Kier alpha value is -2.88. The molecule has 0 amide bonds. The lowest BCUT2D eigenvalue weighted by molar-refractivity contribution is 0.818. The summed E-state index contributed by atoms with van der Waals surface area (Å²) in [4.78, 5) is 18.1. The third kappa shape index (κ3) is 5.29. The molecule has 4 nitrogen and oxygen atoms in total. The van der Waals surface area contributed by atoms with E-state index in [4.69, 9.17) is 0 Å². The van der Waals surface area contributed by atoms with E-state index in [-0.39, 0.29) is 0 Å². The van der Waals surface area contributed by atoms with Gasteiger partial charge in [-0.25, -0.2) is 0 Å². The average molecular weight is 429 g/mol. The average Bonchev–Trinajstić information content (AvgIpc) is 2.77. The van der Waals surface area contributed by atoms with Crippen molar-refractivity contribution in [3.05, 3.63) is 71.7 Å². The molecule has 0 aliphatic carbocycles. The van der Waals surface area contributed by atoms with Gasteiger partial charge in [0.25, 0.3) is 0 Å². The molecule has 0 atom stereocenters. The molecule has 0 unspecified atom stereocenters. The summed E-state index contributed by atoms with van der Waals surface area (Å²) in [5.41, 5.74) is 5.63. The van der Waals surface area contributed by atoms with Crippen molar-refractivity contribution >= 4 is 21.7 Å². The Morgan fingerprint density at radius 2 is 1.16 bits per heavy atom. The first-order valence-electron chi connectivity index (χ1n) is 11.7. The van der Waals surface area contributed by atoms with Gasteiger partial charge in [0, 0.05) is 40.8 Å².